The van der Waals surface area contributed by atoms with Crippen LogP contribution in [0.1, 0.15) is 75.3 Å². The maximum absolute atomic E-state index is 12.5. The molecule has 2 atom stereocenters. The van der Waals surface area contributed by atoms with Crippen LogP contribution < -0.4 is 5.32 Å². The zero-order valence-corrected chi connectivity index (χ0v) is 14.2. The van der Waals surface area contributed by atoms with E-state index in [1.165, 1.54) is 0 Å². The second-order valence-electron chi connectivity index (χ2n) is 6.79. The first-order valence-corrected chi connectivity index (χ1v) is 8.47. The van der Waals surface area contributed by atoms with Gasteiger partial charge in [0.1, 0.15) is 0 Å². The molecule has 124 valence electrons. The van der Waals surface area contributed by atoms with Gasteiger partial charge in [-0.25, -0.2) is 0 Å². The molecule has 0 saturated heterocycles. The van der Waals surface area contributed by atoms with Crippen molar-refractivity contribution in [1.29, 1.82) is 0 Å². The van der Waals surface area contributed by atoms with E-state index in [-0.39, 0.29) is 18.4 Å². The molecule has 2 rings (SSSR count). The summed E-state index contributed by atoms with van der Waals surface area (Å²) in [6, 6.07) is 0. The van der Waals surface area contributed by atoms with Crippen molar-refractivity contribution in [1.82, 2.24) is 15.1 Å². The highest BCUT2D eigenvalue weighted by Crippen LogP contribution is 2.41. The predicted molar refractivity (Wildman–Crippen MR) is 86.9 cm³/mol. The highest BCUT2D eigenvalue weighted by Gasteiger charge is 2.33. The monoisotopic (exact) mass is 307 g/mol. The van der Waals surface area contributed by atoms with Gasteiger partial charge in [-0.3, -0.25) is 9.48 Å². The molecule has 1 fully saturated rings. The van der Waals surface area contributed by atoms with Crippen molar-refractivity contribution in [2.24, 2.45) is 5.92 Å². The van der Waals surface area contributed by atoms with Crippen LogP contribution in [0.25, 0.3) is 0 Å². The Morgan fingerprint density at radius 2 is 2.23 bits per heavy atom. The number of aliphatic hydroxyl groups is 1. The molecule has 5 nitrogen and oxygen atoms in total. The summed E-state index contributed by atoms with van der Waals surface area (Å²) in [4.78, 5) is 12.5. The quantitative estimate of drug-likeness (QED) is 0.776. The summed E-state index contributed by atoms with van der Waals surface area (Å²) >= 11 is 0. The molecule has 5 heteroatoms. The molecule has 1 heterocycles. The highest BCUT2D eigenvalue weighted by molar-refractivity contribution is 5.95. The lowest BCUT2D eigenvalue weighted by Crippen LogP contribution is -2.45. The van der Waals surface area contributed by atoms with Crippen molar-refractivity contribution in [3.8, 4) is 0 Å². The lowest BCUT2D eigenvalue weighted by molar-refractivity contribution is 0.00591. The number of amides is 1. The van der Waals surface area contributed by atoms with E-state index in [4.69, 9.17) is 0 Å². The molecule has 1 aromatic rings. The molecule has 0 aliphatic heterocycles. The minimum Gasteiger partial charge on any atom is -0.388 e. The number of hydrogen-bond donors (Lipinski definition) is 2. The third-order valence-corrected chi connectivity index (χ3v) is 4.81. The summed E-state index contributed by atoms with van der Waals surface area (Å²) in [6.45, 7) is 9.06. The van der Waals surface area contributed by atoms with Gasteiger partial charge < -0.3 is 10.4 Å². The zero-order valence-electron chi connectivity index (χ0n) is 14.2. The van der Waals surface area contributed by atoms with Crippen molar-refractivity contribution < 1.29 is 9.90 Å². The molecule has 0 radical (unpaired) electrons. The van der Waals surface area contributed by atoms with Crippen molar-refractivity contribution in [2.45, 2.75) is 71.4 Å². The number of hydrogen-bond acceptors (Lipinski definition) is 3. The average Bonchev–Trinajstić information content (AvgIpc) is 3.25. The molecule has 1 aliphatic rings. The fourth-order valence-electron chi connectivity index (χ4n) is 2.72. The molecule has 0 bridgehead atoms. The molecule has 2 N–H and O–H groups in total. The predicted octanol–water partition coefficient (Wildman–Crippen LogP) is 2.70. The van der Waals surface area contributed by atoms with Gasteiger partial charge in [0, 0.05) is 19.0 Å². The molecule has 1 aliphatic carbocycles. The third-order valence-electron chi connectivity index (χ3n) is 4.81. The van der Waals surface area contributed by atoms with E-state index in [1.807, 2.05) is 18.5 Å². The van der Waals surface area contributed by atoms with E-state index in [9.17, 15) is 9.90 Å². The number of nitrogens with zero attached hydrogens (tertiary/aromatic N) is 2. The maximum atomic E-state index is 12.5. The van der Waals surface area contributed by atoms with Gasteiger partial charge in [-0.15, -0.1) is 0 Å². The van der Waals surface area contributed by atoms with Crippen LogP contribution in [0.3, 0.4) is 0 Å². The molecule has 22 heavy (non-hydrogen) atoms. The van der Waals surface area contributed by atoms with E-state index in [2.05, 4.69) is 17.3 Å². The topological polar surface area (TPSA) is 67.2 Å². The average molecular weight is 307 g/mol. The third kappa shape index (κ3) is 3.69. The zero-order chi connectivity index (χ0) is 16.3. The van der Waals surface area contributed by atoms with Crippen LogP contribution in [0.15, 0.2) is 6.20 Å². The van der Waals surface area contributed by atoms with E-state index in [0.29, 0.717) is 11.5 Å². The van der Waals surface area contributed by atoms with Crippen molar-refractivity contribution >= 4 is 5.91 Å². The van der Waals surface area contributed by atoms with Crippen LogP contribution in [-0.2, 0) is 6.54 Å². The minimum atomic E-state index is -0.885. The SMILES string of the molecule is CCCn1ncc(C(=O)NCC(C)(O)C(C)CC)c1C1CC1. The fraction of sp³-hybridized carbons (Fsp3) is 0.765. The summed E-state index contributed by atoms with van der Waals surface area (Å²) < 4.78 is 1.97. The second kappa shape index (κ2) is 6.82. The van der Waals surface area contributed by atoms with E-state index >= 15 is 0 Å². The van der Waals surface area contributed by atoms with Crippen LogP contribution in [0.4, 0.5) is 0 Å². The molecule has 2 unspecified atom stereocenters. The number of aromatic nitrogens is 2. The largest absolute Gasteiger partial charge is 0.388 e. The Bertz CT molecular complexity index is 518. The molecular weight excluding hydrogens is 278 g/mol. The Kier molecular flexibility index (Phi) is 5.27. The fourth-order valence-corrected chi connectivity index (χ4v) is 2.72. The first kappa shape index (κ1) is 17.0. The Morgan fingerprint density at radius 3 is 2.77 bits per heavy atom. The molecule has 1 saturated carbocycles. The second-order valence-corrected chi connectivity index (χ2v) is 6.79. The number of carbonyl (C=O) groups excluding carboxylic acids is 1. The first-order chi connectivity index (χ1) is 10.4. The number of nitrogens with one attached hydrogen (secondary N) is 1. The summed E-state index contributed by atoms with van der Waals surface area (Å²) in [5, 5.41) is 17.7. The molecule has 0 aromatic carbocycles. The summed E-state index contributed by atoms with van der Waals surface area (Å²) in [5.74, 6) is 0.497. The lowest BCUT2D eigenvalue weighted by atomic mass is 9.88. The van der Waals surface area contributed by atoms with Crippen LogP contribution in [0, 0.1) is 5.92 Å². The van der Waals surface area contributed by atoms with Gasteiger partial charge in [0.15, 0.2) is 0 Å². The highest BCUT2D eigenvalue weighted by atomic mass is 16.3. The van der Waals surface area contributed by atoms with Crippen molar-refractivity contribution in [2.75, 3.05) is 6.54 Å². The standard InChI is InChI=1S/C17H29N3O2/c1-5-9-20-15(13-7-8-13)14(10-19-20)16(21)18-11-17(4,22)12(3)6-2/h10,12-13,22H,5-9,11H2,1-4H3,(H,18,21). The van der Waals surface area contributed by atoms with Crippen molar-refractivity contribution in [3.63, 3.8) is 0 Å². The van der Waals surface area contributed by atoms with Gasteiger partial charge in [0.05, 0.1) is 23.1 Å². The van der Waals surface area contributed by atoms with Gasteiger partial charge in [0.25, 0.3) is 5.91 Å². The van der Waals surface area contributed by atoms with Gasteiger partial charge >= 0.3 is 0 Å². The molecular formula is C17H29N3O2. The van der Waals surface area contributed by atoms with Gasteiger partial charge in [-0.1, -0.05) is 27.2 Å². The summed E-state index contributed by atoms with van der Waals surface area (Å²) in [7, 11) is 0. The molecule has 1 aromatic heterocycles. The van der Waals surface area contributed by atoms with Gasteiger partial charge in [0.2, 0.25) is 0 Å². The molecule has 0 spiro atoms. The van der Waals surface area contributed by atoms with Gasteiger partial charge in [-0.2, -0.15) is 5.10 Å². The van der Waals surface area contributed by atoms with Crippen LogP contribution >= 0.6 is 0 Å². The van der Waals surface area contributed by atoms with Crippen LogP contribution in [0.5, 0.6) is 0 Å². The molecule has 1 amide bonds. The van der Waals surface area contributed by atoms with Crippen molar-refractivity contribution in [3.05, 3.63) is 17.5 Å². The van der Waals surface area contributed by atoms with Crippen LogP contribution in [0.2, 0.25) is 0 Å². The van der Waals surface area contributed by atoms with E-state index < -0.39 is 5.60 Å². The normalized spacial score (nSPS) is 18.8. The first-order valence-electron chi connectivity index (χ1n) is 8.47. The Labute approximate surface area is 133 Å². The number of rotatable bonds is 8. The Balaban J connectivity index is 2.07. The van der Waals surface area contributed by atoms with Crippen LogP contribution in [-0.4, -0.2) is 32.9 Å². The summed E-state index contributed by atoms with van der Waals surface area (Å²) in [6.07, 6.45) is 5.84. The minimum absolute atomic E-state index is 0.118. The smallest absolute Gasteiger partial charge is 0.254 e. The Hall–Kier alpha value is -1.36. The summed E-state index contributed by atoms with van der Waals surface area (Å²) in [5.41, 5.74) is 0.863. The van der Waals surface area contributed by atoms with Gasteiger partial charge in [-0.05, 0) is 32.1 Å². The van der Waals surface area contributed by atoms with E-state index in [1.54, 1.807) is 13.1 Å². The number of carbonyl (C=O) groups is 1. The lowest BCUT2D eigenvalue weighted by Gasteiger charge is -2.29. The maximum Gasteiger partial charge on any atom is 0.254 e. The van der Waals surface area contributed by atoms with E-state index in [0.717, 1.165) is 37.9 Å². The Morgan fingerprint density at radius 1 is 1.55 bits per heavy atom. The number of aryl methyl sites for hydroxylation is 1.